The number of fused-ring (bicyclic) bond motifs is 1. The molecule has 0 aromatic carbocycles. The van der Waals surface area contributed by atoms with E-state index >= 15 is 0 Å². The molecule has 22 heavy (non-hydrogen) atoms. The summed E-state index contributed by atoms with van der Waals surface area (Å²) in [4.78, 5) is 7.12. The van der Waals surface area contributed by atoms with E-state index in [0.717, 1.165) is 18.1 Å². The second kappa shape index (κ2) is 5.95. The molecule has 0 N–H and O–H groups in total. The first-order valence-electron chi connectivity index (χ1n) is 7.26. The van der Waals surface area contributed by atoms with E-state index in [4.69, 9.17) is 10.1 Å². The highest BCUT2D eigenvalue weighted by atomic mass is 32.2. The van der Waals surface area contributed by atoms with Crippen molar-refractivity contribution in [2.45, 2.75) is 46.2 Å². The Bertz CT molecular complexity index is 694. The van der Waals surface area contributed by atoms with E-state index in [1.165, 1.54) is 27.4 Å². The molecule has 1 aromatic heterocycles. The minimum absolute atomic E-state index is 0. The van der Waals surface area contributed by atoms with Gasteiger partial charge in [-0.15, -0.1) is 11.8 Å². The van der Waals surface area contributed by atoms with E-state index in [1.807, 2.05) is 11.7 Å². The molecular formula is C17H26N4S. The van der Waals surface area contributed by atoms with E-state index in [0.29, 0.717) is 6.04 Å². The van der Waals surface area contributed by atoms with Gasteiger partial charge in [0.25, 0.3) is 0 Å². The highest BCUT2D eigenvalue weighted by molar-refractivity contribution is 7.98. The van der Waals surface area contributed by atoms with Gasteiger partial charge in [-0.25, -0.2) is 0 Å². The van der Waals surface area contributed by atoms with Gasteiger partial charge in [-0.05, 0) is 45.1 Å². The summed E-state index contributed by atoms with van der Waals surface area (Å²) in [5.41, 5.74) is 6.09. The van der Waals surface area contributed by atoms with E-state index in [1.54, 1.807) is 11.8 Å². The molecule has 3 rings (SSSR count). The highest BCUT2D eigenvalue weighted by Crippen LogP contribution is 2.36. The number of rotatable bonds is 2. The molecule has 0 radical (unpaired) electrons. The Balaban J connectivity index is 0.00000176. The summed E-state index contributed by atoms with van der Waals surface area (Å²) in [7, 11) is 2.02. The lowest BCUT2D eigenvalue weighted by Gasteiger charge is -2.29. The number of aromatic nitrogens is 2. The van der Waals surface area contributed by atoms with Crippen molar-refractivity contribution in [3.8, 4) is 0 Å². The zero-order chi connectivity index (χ0) is 15.3. The van der Waals surface area contributed by atoms with Crippen LogP contribution in [0.15, 0.2) is 27.2 Å². The van der Waals surface area contributed by atoms with Crippen molar-refractivity contribution in [3.05, 3.63) is 28.5 Å². The smallest absolute Gasteiger partial charge is 0.131 e. The first-order chi connectivity index (χ1) is 9.93. The number of aryl methyl sites for hydroxylation is 1. The SMILES string of the molecule is C.CSc1c(C)c(C2=C(C)C=C(C)C3=NC(C)CN32)nn1C. The first kappa shape index (κ1) is 16.9. The van der Waals surface area contributed by atoms with Gasteiger partial charge < -0.3 is 4.90 Å². The normalized spacial score (nSPS) is 20.6. The third-order valence-corrected chi connectivity index (χ3v) is 5.07. The highest BCUT2D eigenvalue weighted by Gasteiger charge is 2.33. The second-order valence-corrected chi connectivity index (χ2v) is 6.67. The van der Waals surface area contributed by atoms with Crippen LogP contribution in [0.25, 0.3) is 5.70 Å². The molecule has 2 aliphatic rings. The lowest BCUT2D eigenvalue weighted by atomic mass is 10.0. The molecule has 4 nitrogen and oxygen atoms in total. The fraction of sp³-hybridized carbons (Fsp3) is 0.529. The lowest BCUT2D eigenvalue weighted by Crippen LogP contribution is -2.31. The Kier molecular flexibility index (Phi) is 4.57. The molecule has 0 amide bonds. The average Bonchev–Trinajstić information content (AvgIpc) is 2.91. The van der Waals surface area contributed by atoms with Crippen molar-refractivity contribution in [2.75, 3.05) is 12.8 Å². The molecule has 0 fully saturated rings. The molecule has 0 aliphatic carbocycles. The van der Waals surface area contributed by atoms with E-state index in [9.17, 15) is 0 Å². The van der Waals surface area contributed by atoms with Crippen LogP contribution in [-0.2, 0) is 7.05 Å². The van der Waals surface area contributed by atoms with Gasteiger partial charge in [0.15, 0.2) is 0 Å². The summed E-state index contributed by atoms with van der Waals surface area (Å²) in [6.45, 7) is 9.59. The molecule has 1 aromatic rings. The fourth-order valence-corrected chi connectivity index (χ4v) is 4.00. The molecule has 3 heterocycles. The average molecular weight is 318 g/mol. The van der Waals surface area contributed by atoms with Crippen LogP contribution in [0.4, 0.5) is 0 Å². The molecule has 0 saturated heterocycles. The summed E-state index contributed by atoms with van der Waals surface area (Å²) in [5.74, 6) is 1.11. The van der Waals surface area contributed by atoms with Gasteiger partial charge in [0.05, 0.1) is 16.8 Å². The van der Waals surface area contributed by atoms with Crippen LogP contribution in [0.2, 0.25) is 0 Å². The Hall–Kier alpha value is -1.49. The van der Waals surface area contributed by atoms with Crippen LogP contribution in [0.5, 0.6) is 0 Å². The summed E-state index contributed by atoms with van der Waals surface area (Å²) in [6, 6.07) is 0.341. The quantitative estimate of drug-likeness (QED) is 0.776. The van der Waals surface area contributed by atoms with Crippen LogP contribution in [-0.4, -0.2) is 39.4 Å². The molecule has 2 aliphatic heterocycles. The first-order valence-corrected chi connectivity index (χ1v) is 8.49. The van der Waals surface area contributed by atoms with Crippen molar-refractivity contribution in [1.82, 2.24) is 14.7 Å². The van der Waals surface area contributed by atoms with Gasteiger partial charge in [-0.3, -0.25) is 9.67 Å². The van der Waals surface area contributed by atoms with Crippen molar-refractivity contribution in [2.24, 2.45) is 12.0 Å². The van der Waals surface area contributed by atoms with Crippen LogP contribution in [0.1, 0.15) is 39.5 Å². The third kappa shape index (κ3) is 2.41. The second-order valence-electron chi connectivity index (χ2n) is 5.88. The minimum atomic E-state index is 0. The molecule has 1 atom stereocenters. The number of amidine groups is 1. The van der Waals surface area contributed by atoms with Crippen LogP contribution < -0.4 is 0 Å². The zero-order valence-electron chi connectivity index (χ0n) is 13.6. The number of hydrogen-bond donors (Lipinski definition) is 0. The third-order valence-electron chi connectivity index (χ3n) is 4.11. The Morgan fingerprint density at radius 2 is 1.95 bits per heavy atom. The van der Waals surface area contributed by atoms with Gasteiger partial charge >= 0.3 is 0 Å². The van der Waals surface area contributed by atoms with Gasteiger partial charge in [-0.1, -0.05) is 13.5 Å². The predicted molar refractivity (Wildman–Crippen MR) is 96.4 cm³/mol. The van der Waals surface area contributed by atoms with Crippen molar-refractivity contribution >= 4 is 23.3 Å². The van der Waals surface area contributed by atoms with E-state index in [-0.39, 0.29) is 7.43 Å². The van der Waals surface area contributed by atoms with Crippen molar-refractivity contribution < 1.29 is 0 Å². The van der Waals surface area contributed by atoms with E-state index < -0.39 is 0 Å². The Morgan fingerprint density at radius 1 is 1.27 bits per heavy atom. The monoisotopic (exact) mass is 318 g/mol. The maximum Gasteiger partial charge on any atom is 0.131 e. The lowest BCUT2D eigenvalue weighted by molar-refractivity contribution is 0.568. The van der Waals surface area contributed by atoms with E-state index in [2.05, 4.69) is 44.9 Å². The molecule has 0 saturated carbocycles. The van der Waals surface area contributed by atoms with Gasteiger partial charge in [0.1, 0.15) is 11.5 Å². The standard InChI is InChI=1S/C16H22N4S.CH4/c1-9-7-10(2)15-17-11(3)8-20(15)14(9)13-12(4)16(21-6)19(5)18-13;/h7,11H,8H2,1-6H3;1H4. The molecule has 0 bridgehead atoms. The number of allylic oxidation sites excluding steroid dienone is 2. The molecular weight excluding hydrogens is 292 g/mol. The summed E-state index contributed by atoms with van der Waals surface area (Å²) < 4.78 is 1.98. The number of thioether (sulfide) groups is 1. The Labute approximate surface area is 138 Å². The minimum Gasteiger partial charge on any atom is -0.322 e. The Morgan fingerprint density at radius 3 is 2.55 bits per heavy atom. The maximum absolute atomic E-state index is 4.78. The van der Waals surface area contributed by atoms with Gasteiger partial charge in [0.2, 0.25) is 0 Å². The van der Waals surface area contributed by atoms with Gasteiger partial charge in [0, 0.05) is 19.2 Å². The number of aliphatic imine (C=N–C) groups is 1. The van der Waals surface area contributed by atoms with Crippen LogP contribution >= 0.6 is 11.8 Å². The summed E-state index contributed by atoms with van der Waals surface area (Å²) in [6.07, 6.45) is 4.33. The molecule has 5 heteroatoms. The van der Waals surface area contributed by atoms with Crippen molar-refractivity contribution in [3.63, 3.8) is 0 Å². The predicted octanol–water partition coefficient (Wildman–Crippen LogP) is 3.88. The molecule has 1 unspecified atom stereocenters. The summed E-state index contributed by atoms with van der Waals surface area (Å²) in [5, 5.41) is 6.00. The molecule has 0 spiro atoms. The molecule has 120 valence electrons. The largest absolute Gasteiger partial charge is 0.322 e. The fourth-order valence-electron chi connectivity index (χ4n) is 3.29. The zero-order valence-corrected chi connectivity index (χ0v) is 14.4. The van der Waals surface area contributed by atoms with Crippen LogP contribution in [0.3, 0.4) is 0 Å². The topological polar surface area (TPSA) is 33.4 Å². The maximum atomic E-state index is 4.78. The number of nitrogens with zero attached hydrogens (tertiary/aromatic N) is 4. The summed E-state index contributed by atoms with van der Waals surface area (Å²) >= 11 is 1.75. The van der Waals surface area contributed by atoms with Crippen LogP contribution in [0, 0.1) is 6.92 Å². The van der Waals surface area contributed by atoms with Crippen molar-refractivity contribution in [1.29, 1.82) is 0 Å². The number of hydrogen-bond acceptors (Lipinski definition) is 4. The van der Waals surface area contributed by atoms with Gasteiger partial charge in [-0.2, -0.15) is 5.10 Å².